The first-order chi connectivity index (χ1) is 9.11. The molecule has 0 saturated heterocycles. The summed E-state index contributed by atoms with van der Waals surface area (Å²) in [6, 6.07) is 0. The van der Waals surface area contributed by atoms with Gasteiger partial charge in [0.1, 0.15) is 0 Å². The molecule has 0 saturated carbocycles. The van der Waals surface area contributed by atoms with Crippen molar-refractivity contribution in [2.24, 2.45) is 17.8 Å². The number of aliphatic hydroxyl groups is 2. The van der Waals surface area contributed by atoms with Gasteiger partial charge in [0.25, 0.3) is 0 Å². The molecule has 2 aliphatic carbocycles. The van der Waals surface area contributed by atoms with Crippen LogP contribution < -0.4 is 0 Å². The molecule has 4 atom stereocenters. The second-order valence-electron chi connectivity index (χ2n) is 6.10. The van der Waals surface area contributed by atoms with Crippen LogP contribution in [0.4, 0.5) is 0 Å². The number of hydrogen-bond acceptors (Lipinski definition) is 2. The number of hydrogen-bond donors (Lipinski definition) is 2. The third-order valence-electron chi connectivity index (χ3n) is 4.47. The molecule has 0 radical (unpaired) electrons. The first-order valence-electron chi connectivity index (χ1n) is 7.46. The summed E-state index contributed by atoms with van der Waals surface area (Å²) < 4.78 is 0. The molecule has 0 heterocycles. The van der Waals surface area contributed by atoms with Crippen molar-refractivity contribution in [2.75, 3.05) is 6.61 Å². The van der Waals surface area contributed by atoms with E-state index in [0.29, 0.717) is 17.8 Å². The molecule has 0 fully saturated rings. The summed E-state index contributed by atoms with van der Waals surface area (Å²) in [6.07, 6.45) is 12.8. The summed E-state index contributed by atoms with van der Waals surface area (Å²) in [6.45, 7) is 4.45. The molecule has 0 aromatic heterocycles. The van der Waals surface area contributed by atoms with Crippen molar-refractivity contribution in [2.45, 2.75) is 45.6 Å². The van der Waals surface area contributed by atoms with Crippen LogP contribution in [0, 0.1) is 17.8 Å². The van der Waals surface area contributed by atoms with Crippen molar-refractivity contribution in [1.82, 2.24) is 0 Å². The Labute approximate surface area is 116 Å². The Morgan fingerprint density at radius 2 is 2.05 bits per heavy atom. The third-order valence-corrected chi connectivity index (χ3v) is 4.47. The average molecular weight is 262 g/mol. The fourth-order valence-electron chi connectivity index (χ4n) is 3.33. The Morgan fingerprint density at radius 1 is 1.26 bits per heavy atom. The standard InChI is InChI=1S/C17H26O2/c1-12-9-16(10-13(2)17(12)19)15-7-3-5-14(11-15)6-4-8-18/h3,5,9,11,13,15-19H,4,6-8,10H2,1-2H3. The van der Waals surface area contributed by atoms with Crippen LogP contribution in [0.1, 0.15) is 39.5 Å². The van der Waals surface area contributed by atoms with Crippen LogP contribution in [0.2, 0.25) is 0 Å². The van der Waals surface area contributed by atoms with E-state index in [1.54, 1.807) is 0 Å². The first kappa shape index (κ1) is 14.5. The maximum Gasteiger partial charge on any atom is 0.0773 e. The van der Waals surface area contributed by atoms with Crippen molar-refractivity contribution >= 4 is 0 Å². The van der Waals surface area contributed by atoms with E-state index in [1.165, 1.54) is 5.57 Å². The van der Waals surface area contributed by atoms with E-state index in [9.17, 15) is 5.11 Å². The summed E-state index contributed by atoms with van der Waals surface area (Å²) in [7, 11) is 0. The van der Waals surface area contributed by atoms with Crippen LogP contribution >= 0.6 is 0 Å². The summed E-state index contributed by atoms with van der Waals surface area (Å²) in [5.41, 5.74) is 2.48. The minimum atomic E-state index is -0.256. The van der Waals surface area contributed by atoms with Gasteiger partial charge in [-0.3, -0.25) is 0 Å². The van der Waals surface area contributed by atoms with E-state index >= 15 is 0 Å². The lowest BCUT2D eigenvalue weighted by Gasteiger charge is -2.34. The second-order valence-corrected chi connectivity index (χ2v) is 6.10. The maximum absolute atomic E-state index is 10.0. The molecular formula is C17H26O2. The molecule has 0 aliphatic heterocycles. The molecule has 4 unspecified atom stereocenters. The minimum Gasteiger partial charge on any atom is -0.396 e. The van der Waals surface area contributed by atoms with E-state index in [0.717, 1.165) is 31.3 Å². The summed E-state index contributed by atoms with van der Waals surface area (Å²) in [5.74, 6) is 1.46. The maximum atomic E-state index is 10.0. The van der Waals surface area contributed by atoms with Crippen LogP contribution in [0.25, 0.3) is 0 Å². The van der Waals surface area contributed by atoms with Gasteiger partial charge in [-0.1, -0.05) is 36.8 Å². The highest BCUT2D eigenvalue weighted by molar-refractivity contribution is 5.26. The van der Waals surface area contributed by atoms with E-state index in [1.807, 2.05) is 6.92 Å². The van der Waals surface area contributed by atoms with Gasteiger partial charge in [-0.15, -0.1) is 0 Å². The minimum absolute atomic E-state index is 0.256. The highest BCUT2D eigenvalue weighted by Crippen LogP contribution is 2.36. The molecule has 0 aromatic rings. The Morgan fingerprint density at radius 3 is 2.74 bits per heavy atom. The molecule has 2 rings (SSSR count). The third kappa shape index (κ3) is 3.58. The lowest BCUT2D eigenvalue weighted by molar-refractivity contribution is 0.120. The Kier molecular flexibility index (Phi) is 5.00. The van der Waals surface area contributed by atoms with Crippen LogP contribution in [0.5, 0.6) is 0 Å². The van der Waals surface area contributed by atoms with Crippen molar-refractivity contribution in [3.63, 3.8) is 0 Å². The molecule has 19 heavy (non-hydrogen) atoms. The molecule has 2 aliphatic rings. The molecular weight excluding hydrogens is 236 g/mol. The van der Waals surface area contributed by atoms with Gasteiger partial charge in [0.2, 0.25) is 0 Å². The first-order valence-corrected chi connectivity index (χ1v) is 7.46. The monoisotopic (exact) mass is 262 g/mol. The summed E-state index contributed by atoms with van der Waals surface area (Å²) in [5, 5.41) is 18.9. The van der Waals surface area contributed by atoms with E-state index in [-0.39, 0.29) is 12.7 Å². The predicted octanol–water partition coefficient (Wildman–Crippen LogP) is 3.22. The van der Waals surface area contributed by atoms with Gasteiger partial charge in [0.15, 0.2) is 0 Å². The van der Waals surface area contributed by atoms with Crippen molar-refractivity contribution in [3.05, 3.63) is 35.5 Å². The lowest BCUT2D eigenvalue weighted by atomic mass is 9.73. The Bertz CT molecular complexity index is 392. The highest BCUT2D eigenvalue weighted by atomic mass is 16.3. The van der Waals surface area contributed by atoms with E-state index in [4.69, 9.17) is 5.11 Å². The zero-order valence-electron chi connectivity index (χ0n) is 12.0. The van der Waals surface area contributed by atoms with Gasteiger partial charge < -0.3 is 10.2 Å². The van der Waals surface area contributed by atoms with Gasteiger partial charge in [0.05, 0.1) is 6.10 Å². The van der Waals surface area contributed by atoms with Gasteiger partial charge in [-0.05, 0) is 55.9 Å². The topological polar surface area (TPSA) is 40.5 Å². The molecule has 106 valence electrons. The van der Waals surface area contributed by atoms with Crippen LogP contribution in [0.3, 0.4) is 0 Å². The van der Waals surface area contributed by atoms with Crippen molar-refractivity contribution in [1.29, 1.82) is 0 Å². The van der Waals surface area contributed by atoms with Gasteiger partial charge in [-0.2, -0.15) is 0 Å². The molecule has 2 N–H and O–H groups in total. The largest absolute Gasteiger partial charge is 0.396 e. The summed E-state index contributed by atoms with van der Waals surface area (Å²) >= 11 is 0. The zero-order valence-corrected chi connectivity index (χ0v) is 12.0. The Hall–Kier alpha value is -0.860. The molecule has 0 amide bonds. The highest BCUT2D eigenvalue weighted by Gasteiger charge is 2.29. The van der Waals surface area contributed by atoms with Gasteiger partial charge in [-0.25, -0.2) is 0 Å². The second kappa shape index (κ2) is 6.53. The molecule has 0 bridgehead atoms. The van der Waals surface area contributed by atoms with Crippen LogP contribution in [-0.4, -0.2) is 22.9 Å². The number of aliphatic hydroxyl groups excluding tert-OH is 2. The Balaban J connectivity index is 2.06. The van der Waals surface area contributed by atoms with E-state index < -0.39 is 0 Å². The smallest absolute Gasteiger partial charge is 0.0773 e. The predicted molar refractivity (Wildman–Crippen MR) is 78.7 cm³/mol. The molecule has 0 aromatic carbocycles. The summed E-state index contributed by atoms with van der Waals surface area (Å²) in [4.78, 5) is 0. The SMILES string of the molecule is CC1=CC(C2C=C(CCCO)C=CC2)CC(C)C1O. The van der Waals surface area contributed by atoms with Gasteiger partial charge in [0, 0.05) is 6.61 Å². The molecule has 0 spiro atoms. The fourth-order valence-corrected chi connectivity index (χ4v) is 3.33. The van der Waals surface area contributed by atoms with Crippen LogP contribution in [-0.2, 0) is 0 Å². The van der Waals surface area contributed by atoms with Crippen molar-refractivity contribution in [3.8, 4) is 0 Å². The van der Waals surface area contributed by atoms with Crippen LogP contribution in [0.15, 0.2) is 35.5 Å². The molecule has 2 nitrogen and oxygen atoms in total. The quantitative estimate of drug-likeness (QED) is 0.764. The number of rotatable bonds is 4. The zero-order chi connectivity index (χ0) is 13.8. The molecule has 2 heteroatoms. The fraction of sp³-hybridized carbons (Fsp3) is 0.647. The average Bonchev–Trinajstić information content (AvgIpc) is 2.42. The van der Waals surface area contributed by atoms with Crippen molar-refractivity contribution < 1.29 is 10.2 Å². The van der Waals surface area contributed by atoms with Gasteiger partial charge >= 0.3 is 0 Å². The normalized spacial score (nSPS) is 34.9. The number of allylic oxidation sites excluding steroid dienone is 5. The lowest BCUT2D eigenvalue weighted by Crippen LogP contribution is -2.29. The van der Waals surface area contributed by atoms with E-state index in [2.05, 4.69) is 31.2 Å².